The summed E-state index contributed by atoms with van der Waals surface area (Å²) in [5, 5.41) is 11.8. The molecule has 0 saturated heterocycles. The standard InChI is InChI=1S/C29H50N4O10.C7H10.C4H11N3.2C2H6/c1-2-3-9-30-27(34)23-42-24-28(35)31-10-12-37-14-16-39-18-20-41-21-19-40-17-15-38-13-11-32-29(36)25-43-33-22-26-7-5-4-6-8-26;1-7-5-3-2-4-6-7;1-2-3-7-4(5)6;2*1-2/h5,7-8,22H,2-4,6,9-21,23-25H2,1H3,(H,30,34)(H,31,35)(H,32,36);2-5,7H,6H2,1H3;2-3H2,1H3,(H4,5,6,7);2*1-2H3/b33-22+;;;;. The van der Waals surface area contributed by atoms with Crippen molar-refractivity contribution in [2.45, 2.75) is 87.0 Å². The zero-order chi connectivity index (χ0) is 45.9. The van der Waals surface area contributed by atoms with Gasteiger partial charge in [0.2, 0.25) is 11.8 Å². The molecule has 1 atom stereocenters. The molecular formula is C44H83N7O10. The number of nitrogens with two attached hydrogens (primary N) is 2. The number of rotatable bonds is 31. The second kappa shape index (κ2) is 52.0. The van der Waals surface area contributed by atoms with Crippen LogP contribution >= 0.6 is 0 Å². The molecule has 0 aromatic heterocycles. The van der Waals surface area contributed by atoms with Crippen LogP contribution in [0.5, 0.6) is 0 Å². The van der Waals surface area contributed by atoms with Crippen molar-refractivity contribution >= 4 is 29.9 Å². The summed E-state index contributed by atoms with van der Waals surface area (Å²) in [6.07, 6.45) is 22.5. The minimum Gasteiger partial charge on any atom is -0.386 e. The zero-order valence-electron chi connectivity index (χ0n) is 38.6. The van der Waals surface area contributed by atoms with Crippen LogP contribution in [-0.4, -0.2) is 142 Å². The molecule has 61 heavy (non-hydrogen) atoms. The second-order valence-corrected chi connectivity index (χ2v) is 12.5. The number of nitrogens with one attached hydrogen (secondary N) is 3. The van der Waals surface area contributed by atoms with Crippen LogP contribution in [-0.2, 0) is 47.6 Å². The molecule has 2 rings (SSSR count). The Morgan fingerprint density at radius 2 is 1.18 bits per heavy atom. The molecule has 0 bridgehead atoms. The molecule has 3 amide bonds. The number of nitrogens with zero attached hydrogens (tertiary/aromatic N) is 2. The second-order valence-electron chi connectivity index (χ2n) is 12.5. The van der Waals surface area contributed by atoms with Crippen LogP contribution < -0.4 is 27.4 Å². The summed E-state index contributed by atoms with van der Waals surface area (Å²) < 4.78 is 32.1. The highest BCUT2D eigenvalue weighted by Gasteiger charge is 2.05. The molecule has 1 unspecified atom stereocenters. The van der Waals surface area contributed by atoms with Gasteiger partial charge in [-0.1, -0.05) is 103 Å². The first-order chi connectivity index (χ1) is 29.8. The van der Waals surface area contributed by atoms with E-state index in [-0.39, 0.29) is 43.5 Å². The molecular weight excluding hydrogens is 787 g/mol. The van der Waals surface area contributed by atoms with Crippen molar-refractivity contribution in [1.82, 2.24) is 16.0 Å². The van der Waals surface area contributed by atoms with Crippen molar-refractivity contribution in [1.29, 1.82) is 0 Å². The van der Waals surface area contributed by atoms with Gasteiger partial charge in [-0.05, 0) is 43.6 Å². The Hall–Kier alpha value is -4.13. The molecule has 0 spiro atoms. The van der Waals surface area contributed by atoms with E-state index in [9.17, 15) is 14.4 Å². The Labute approximate surface area is 367 Å². The molecule has 2 aliphatic carbocycles. The number of guanidine groups is 1. The average Bonchev–Trinajstić information content (AvgIpc) is 3.27. The number of carbonyl (C=O) groups excluding carboxylic acids is 3. The first-order valence-corrected chi connectivity index (χ1v) is 22.0. The lowest BCUT2D eigenvalue weighted by atomic mass is 10.0. The number of oxime groups is 1. The summed E-state index contributed by atoms with van der Waals surface area (Å²) in [7, 11) is 0. The van der Waals surface area contributed by atoms with Crippen molar-refractivity contribution in [3.05, 3.63) is 48.1 Å². The van der Waals surface area contributed by atoms with E-state index in [0.717, 1.165) is 50.1 Å². The van der Waals surface area contributed by atoms with Crippen LogP contribution in [0.4, 0.5) is 0 Å². The lowest BCUT2D eigenvalue weighted by molar-refractivity contribution is -0.131. The van der Waals surface area contributed by atoms with Crippen molar-refractivity contribution < 1.29 is 47.6 Å². The van der Waals surface area contributed by atoms with E-state index in [1.54, 1.807) is 6.21 Å². The Morgan fingerprint density at radius 1 is 0.672 bits per heavy atom. The number of allylic oxidation sites excluding steroid dienone is 8. The molecule has 2 aliphatic rings. The third-order valence-corrected chi connectivity index (χ3v) is 7.15. The minimum absolute atomic E-state index is 0.133. The summed E-state index contributed by atoms with van der Waals surface area (Å²) in [6.45, 7) is 20.0. The fourth-order valence-corrected chi connectivity index (χ4v) is 4.17. The van der Waals surface area contributed by atoms with Gasteiger partial charge in [-0.25, -0.2) is 0 Å². The van der Waals surface area contributed by atoms with Gasteiger partial charge in [0.05, 0.1) is 72.3 Å². The number of hydrogen-bond donors (Lipinski definition) is 5. The lowest BCUT2D eigenvalue weighted by Gasteiger charge is -2.09. The molecule has 0 fully saturated rings. The molecule has 354 valence electrons. The quantitative estimate of drug-likeness (QED) is 0.0283. The Bertz CT molecular complexity index is 1190. The Kier molecular flexibility index (Phi) is 52.2. The van der Waals surface area contributed by atoms with Gasteiger partial charge >= 0.3 is 0 Å². The number of carbonyl (C=O) groups is 3. The molecule has 17 nitrogen and oxygen atoms in total. The smallest absolute Gasteiger partial charge is 0.260 e. The monoisotopic (exact) mass is 870 g/mol. The van der Waals surface area contributed by atoms with Gasteiger partial charge < -0.3 is 60.7 Å². The predicted octanol–water partition coefficient (Wildman–Crippen LogP) is 4.37. The molecule has 0 aromatic rings. The van der Waals surface area contributed by atoms with Gasteiger partial charge in [0, 0.05) is 26.2 Å². The number of ether oxygens (including phenoxy) is 6. The summed E-state index contributed by atoms with van der Waals surface area (Å²) >= 11 is 0. The average molecular weight is 870 g/mol. The van der Waals surface area contributed by atoms with Gasteiger partial charge in [0.25, 0.3) is 5.91 Å². The van der Waals surface area contributed by atoms with Crippen LogP contribution in [0, 0.1) is 5.92 Å². The van der Waals surface area contributed by atoms with E-state index in [4.69, 9.17) is 44.7 Å². The van der Waals surface area contributed by atoms with Crippen LogP contribution in [0.2, 0.25) is 0 Å². The van der Waals surface area contributed by atoms with Gasteiger partial charge in [0.15, 0.2) is 12.6 Å². The predicted molar refractivity (Wildman–Crippen MR) is 245 cm³/mol. The zero-order valence-corrected chi connectivity index (χ0v) is 38.6. The molecule has 0 radical (unpaired) electrons. The van der Waals surface area contributed by atoms with Crippen molar-refractivity contribution in [2.24, 2.45) is 27.5 Å². The van der Waals surface area contributed by atoms with Gasteiger partial charge in [0.1, 0.15) is 13.2 Å². The van der Waals surface area contributed by atoms with Gasteiger partial charge in [-0.2, -0.15) is 0 Å². The fourth-order valence-electron chi connectivity index (χ4n) is 4.17. The SMILES string of the molecule is CC.CC.CC1C=CC=CC1.CCCCNC(=O)COCC(=O)NCCOCCOCCOCCOCCOCCNC(=O)CO/N=C/C1=CCCC=C1.CCCN=C(N)N. The van der Waals surface area contributed by atoms with E-state index < -0.39 is 0 Å². The summed E-state index contributed by atoms with van der Waals surface area (Å²) in [4.78, 5) is 43.5. The van der Waals surface area contributed by atoms with E-state index in [1.165, 1.54) is 6.42 Å². The normalized spacial score (nSPS) is 13.4. The maximum Gasteiger partial charge on any atom is 0.260 e. The minimum atomic E-state index is -0.301. The van der Waals surface area contributed by atoms with Crippen LogP contribution in [0.3, 0.4) is 0 Å². The largest absolute Gasteiger partial charge is 0.386 e. The maximum atomic E-state index is 11.7. The van der Waals surface area contributed by atoms with Gasteiger partial charge in [-0.3, -0.25) is 19.4 Å². The third-order valence-electron chi connectivity index (χ3n) is 7.15. The van der Waals surface area contributed by atoms with Crippen molar-refractivity contribution in [2.75, 3.05) is 112 Å². The highest BCUT2D eigenvalue weighted by molar-refractivity contribution is 5.82. The number of hydrogen-bond acceptors (Lipinski definition) is 12. The van der Waals surface area contributed by atoms with E-state index >= 15 is 0 Å². The Morgan fingerprint density at radius 3 is 1.57 bits per heavy atom. The van der Waals surface area contributed by atoms with E-state index in [1.807, 2.05) is 47.6 Å². The topological polar surface area (TPSA) is 229 Å². The number of aliphatic imine (C=N–C) groups is 1. The summed E-state index contributed by atoms with van der Waals surface area (Å²) in [5.74, 6) is 0.164. The summed E-state index contributed by atoms with van der Waals surface area (Å²) in [5.41, 5.74) is 11.0. The molecule has 0 aliphatic heterocycles. The number of amides is 3. The number of unbranched alkanes of at least 4 members (excludes halogenated alkanes) is 1. The Balaban J connectivity index is -0.00000154. The van der Waals surface area contributed by atoms with Crippen LogP contribution in [0.25, 0.3) is 0 Å². The maximum absolute atomic E-state index is 11.7. The molecule has 7 N–H and O–H groups in total. The molecule has 0 aromatic carbocycles. The van der Waals surface area contributed by atoms with Crippen LogP contribution in [0.1, 0.15) is 87.0 Å². The lowest BCUT2D eigenvalue weighted by Crippen LogP contribution is -2.33. The molecule has 0 saturated carbocycles. The van der Waals surface area contributed by atoms with Crippen molar-refractivity contribution in [3.63, 3.8) is 0 Å². The first-order valence-electron chi connectivity index (χ1n) is 22.0. The highest BCUT2D eigenvalue weighted by atomic mass is 16.6. The van der Waals surface area contributed by atoms with Crippen LogP contribution in [0.15, 0.2) is 58.3 Å². The fraction of sp³-hybridized carbons (Fsp3) is 0.705. The molecule has 0 heterocycles. The van der Waals surface area contributed by atoms with Gasteiger partial charge in [-0.15, -0.1) is 0 Å². The van der Waals surface area contributed by atoms with E-state index in [0.29, 0.717) is 85.7 Å². The van der Waals surface area contributed by atoms with E-state index in [2.05, 4.69) is 69.5 Å². The van der Waals surface area contributed by atoms with Crippen molar-refractivity contribution in [3.8, 4) is 0 Å². The summed E-state index contributed by atoms with van der Waals surface area (Å²) in [6, 6.07) is 0. The first kappa shape index (κ1) is 61.2. The third kappa shape index (κ3) is 51.9. The highest BCUT2D eigenvalue weighted by Crippen LogP contribution is 2.08. The molecule has 17 heteroatoms.